The maximum Gasteiger partial charge on any atom is 0.256 e. The Balaban J connectivity index is 1.33. The van der Waals surface area contributed by atoms with Gasteiger partial charge in [0.2, 0.25) is 0 Å². The molecule has 3 heterocycles. The predicted molar refractivity (Wildman–Crippen MR) is 123 cm³/mol. The third-order valence-corrected chi connectivity index (χ3v) is 5.87. The highest BCUT2D eigenvalue weighted by Crippen LogP contribution is 2.28. The molecule has 7 nitrogen and oxygen atoms in total. The zero-order chi connectivity index (χ0) is 22.9. The van der Waals surface area contributed by atoms with Crippen LogP contribution in [0.25, 0.3) is 22.3 Å². The summed E-state index contributed by atoms with van der Waals surface area (Å²) in [7, 11) is 2.11. The Hall–Kier alpha value is -3.85. The topological polar surface area (TPSA) is 77.1 Å². The molecule has 168 valence electrons. The Labute approximate surface area is 189 Å². The van der Waals surface area contributed by atoms with Crippen molar-refractivity contribution in [1.29, 1.82) is 0 Å². The lowest BCUT2D eigenvalue weighted by atomic mass is 10.1. The maximum absolute atomic E-state index is 14.1. The Morgan fingerprint density at radius 3 is 2.36 bits per heavy atom. The van der Waals surface area contributed by atoms with E-state index in [0.29, 0.717) is 22.4 Å². The van der Waals surface area contributed by atoms with Crippen molar-refractivity contribution in [2.45, 2.75) is 0 Å². The van der Waals surface area contributed by atoms with E-state index in [1.165, 1.54) is 24.3 Å². The molecule has 1 amide bonds. The minimum absolute atomic E-state index is 0.138. The molecule has 2 N–H and O–H groups in total. The van der Waals surface area contributed by atoms with Crippen molar-refractivity contribution in [3.63, 3.8) is 0 Å². The zero-order valence-electron chi connectivity index (χ0n) is 18.0. The van der Waals surface area contributed by atoms with Gasteiger partial charge >= 0.3 is 0 Å². The predicted octanol–water partition coefficient (Wildman–Crippen LogP) is 3.91. The standard InChI is InChI=1S/C24H22F2N6O/c1-31-11-13-32(14-12-31)16-7-5-15(6-8-16)24(33)28-23-17-9-10-20(27-22(17)29-30-23)21-18(25)3-2-4-19(21)26/h2-10H,11-14H2,1H3,(H2,27,28,29,30,33). The summed E-state index contributed by atoms with van der Waals surface area (Å²) in [6.45, 7) is 3.92. The molecule has 0 radical (unpaired) electrons. The van der Waals surface area contributed by atoms with Crippen LogP contribution in [0.5, 0.6) is 0 Å². The van der Waals surface area contributed by atoms with Gasteiger partial charge in [0.15, 0.2) is 11.5 Å². The number of aromatic amines is 1. The van der Waals surface area contributed by atoms with Crippen molar-refractivity contribution in [2.75, 3.05) is 43.4 Å². The normalized spacial score (nSPS) is 14.6. The number of halogens is 2. The van der Waals surface area contributed by atoms with Crippen molar-refractivity contribution in [3.8, 4) is 11.3 Å². The van der Waals surface area contributed by atoms with Gasteiger partial charge in [-0.05, 0) is 55.6 Å². The number of H-pyrrole nitrogens is 1. The number of pyridine rings is 1. The van der Waals surface area contributed by atoms with Crippen LogP contribution in [0.3, 0.4) is 0 Å². The van der Waals surface area contributed by atoms with E-state index in [9.17, 15) is 13.6 Å². The molecule has 0 bridgehead atoms. The number of hydrogen-bond acceptors (Lipinski definition) is 5. The van der Waals surface area contributed by atoms with E-state index in [4.69, 9.17) is 0 Å². The number of fused-ring (bicyclic) bond motifs is 1. The summed E-state index contributed by atoms with van der Waals surface area (Å²) in [6.07, 6.45) is 0. The van der Waals surface area contributed by atoms with Crippen LogP contribution < -0.4 is 10.2 Å². The van der Waals surface area contributed by atoms with Gasteiger partial charge in [-0.2, -0.15) is 5.10 Å². The Morgan fingerprint density at radius 1 is 0.970 bits per heavy atom. The average Bonchev–Trinajstić information content (AvgIpc) is 3.21. The number of piperazine rings is 1. The van der Waals surface area contributed by atoms with Gasteiger partial charge in [-0.3, -0.25) is 9.89 Å². The van der Waals surface area contributed by atoms with Gasteiger partial charge in [-0.25, -0.2) is 13.8 Å². The first-order chi connectivity index (χ1) is 16.0. The molecular weight excluding hydrogens is 426 g/mol. The van der Waals surface area contributed by atoms with E-state index >= 15 is 0 Å². The van der Waals surface area contributed by atoms with Crippen molar-refractivity contribution in [1.82, 2.24) is 20.1 Å². The SMILES string of the molecule is CN1CCN(c2ccc(C(=O)Nc3n[nH]c4nc(-c5c(F)cccc5F)ccc34)cc2)CC1. The summed E-state index contributed by atoms with van der Waals surface area (Å²) in [4.78, 5) is 21.6. The Morgan fingerprint density at radius 2 is 1.67 bits per heavy atom. The van der Waals surface area contributed by atoms with E-state index in [1.54, 1.807) is 18.2 Å². The lowest BCUT2D eigenvalue weighted by molar-refractivity contribution is 0.102. The van der Waals surface area contributed by atoms with Crippen LogP contribution in [0, 0.1) is 11.6 Å². The molecule has 4 aromatic rings. The smallest absolute Gasteiger partial charge is 0.256 e. The molecule has 0 spiro atoms. The van der Waals surface area contributed by atoms with E-state index in [-0.39, 0.29) is 17.2 Å². The van der Waals surface area contributed by atoms with E-state index in [0.717, 1.165) is 31.9 Å². The lowest BCUT2D eigenvalue weighted by Crippen LogP contribution is -2.44. The molecule has 1 aliphatic rings. The van der Waals surface area contributed by atoms with Crippen molar-refractivity contribution in [2.24, 2.45) is 0 Å². The highest BCUT2D eigenvalue weighted by molar-refractivity contribution is 6.07. The second-order valence-corrected chi connectivity index (χ2v) is 8.05. The molecular formula is C24H22F2N6O. The second-order valence-electron chi connectivity index (χ2n) is 8.05. The van der Waals surface area contributed by atoms with Crippen molar-refractivity contribution < 1.29 is 13.6 Å². The van der Waals surface area contributed by atoms with Gasteiger partial charge in [0.05, 0.1) is 16.6 Å². The molecule has 0 aliphatic carbocycles. The molecule has 1 fully saturated rings. The van der Waals surface area contributed by atoms with E-state index in [1.807, 2.05) is 12.1 Å². The number of anilines is 2. The summed E-state index contributed by atoms with van der Waals surface area (Å²) in [5, 5.41) is 10.2. The molecule has 9 heteroatoms. The lowest BCUT2D eigenvalue weighted by Gasteiger charge is -2.34. The first-order valence-corrected chi connectivity index (χ1v) is 10.6. The molecule has 1 aliphatic heterocycles. The average molecular weight is 448 g/mol. The van der Waals surface area contributed by atoms with Gasteiger partial charge < -0.3 is 15.1 Å². The number of carbonyl (C=O) groups excluding carboxylic acids is 1. The molecule has 33 heavy (non-hydrogen) atoms. The van der Waals surface area contributed by atoms with Gasteiger partial charge in [0.1, 0.15) is 11.6 Å². The molecule has 5 rings (SSSR count). The van der Waals surface area contributed by atoms with Crippen LogP contribution in [0.1, 0.15) is 10.4 Å². The van der Waals surface area contributed by atoms with Crippen LogP contribution in [-0.2, 0) is 0 Å². The zero-order valence-corrected chi connectivity index (χ0v) is 18.0. The summed E-state index contributed by atoms with van der Waals surface area (Å²) in [6, 6.07) is 14.2. The number of amides is 1. The van der Waals surface area contributed by atoms with Crippen LogP contribution in [0.4, 0.5) is 20.3 Å². The van der Waals surface area contributed by atoms with Crippen LogP contribution in [0.15, 0.2) is 54.6 Å². The quantitative estimate of drug-likeness (QED) is 0.495. The number of benzene rings is 2. The van der Waals surface area contributed by atoms with E-state index < -0.39 is 11.6 Å². The highest BCUT2D eigenvalue weighted by Gasteiger charge is 2.17. The Kier molecular flexibility index (Phi) is 5.47. The van der Waals surface area contributed by atoms with Crippen LogP contribution >= 0.6 is 0 Å². The number of aromatic nitrogens is 3. The number of rotatable bonds is 4. The number of likely N-dealkylation sites (N-methyl/N-ethyl adjacent to an activating group) is 1. The summed E-state index contributed by atoms with van der Waals surface area (Å²) in [5.41, 5.74) is 1.83. The highest BCUT2D eigenvalue weighted by atomic mass is 19.1. The number of carbonyl (C=O) groups is 1. The fourth-order valence-corrected chi connectivity index (χ4v) is 3.95. The van der Waals surface area contributed by atoms with Crippen molar-refractivity contribution in [3.05, 3.63) is 71.8 Å². The second kappa shape index (κ2) is 8.59. The molecule has 2 aromatic carbocycles. The first-order valence-electron chi connectivity index (χ1n) is 10.6. The summed E-state index contributed by atoms with van der Waals surface area (Å²) in [5.74, 6) is -1.41. The fourth-order valence-electron chi connectivity index (χ4n) is 3.95. The van der Waals surface area contributed by atoms with E-state index in [2.05, 4.69) is 37.3 Å². The third kappa shape index (κ3) is 4.14. The molecule has 0 atom stereocenters. The molecule has 0 saturated carbocycles. The maximum atomic E-state index is 14.1. The fraction of sp³-hybridized carbons (Fsp3) is 0.208. The monoisotopic (exact) mass is 448 g/mol. The van der Waals surface area contributed by atoms with Crippen LogP contribution in [0.2, 0.25) is 0 Å². The van der Waals surface area contributed by atoms with Crippen molar-refractivity contribution >= 4 is 28.4 Å². The Bertz CT molecular complexity index is 1290. The molecule has 2 aromatic heterocycles. The molecule has 1 saturated heterocycles. The number of nitrogens with zero attached hydrogens (tertiary/aromatic N) is 4. The van der Waals surface area contributed by atoms with Crippen LogP contribution in [-0.4, -0.2) is 59.2 Å². The van der Waals surface area contributed by atoms with Gasteiger partial charge in [-0.1, -0.05) is 6.07 Å². The number of nitrogens with one attached hydrogen (secondary N) is 2. The first kappa shape index (κ1) is 21.0. The largest absolute Gasteiger partial charge is 0.369 e. The minimum atomic E-state index is -0.699. The minimum Gasteiger partial charge on any atom is -0.369 e. The number of hydrogen-bond donors (Lipinski definition) is 2. The third-order valence-electron chi connectivity index (χ3n) is 5.87. The van der Waals surface area contributed by atoms with Gasteiger partial charge in [-0.15, -0.1) is 0 Å². The summed E-state index contributed by atoms with van der Waals surface area (Å²) >= 11 is 0. The summed E-state index contributed by atoms with van der Waals surface area (Å²) < 4.78 is 28.2. The molecule has 0 unspecified atom stereocenters. The van der Waals surface area contributed by atoms with Gasteiger partial charge in [0.25, 0.3) is 5.91 Å². The van der Waals surface area contributed by atoms with Gasteiger partial charge in [0, 0.05) is 37.4 Å².